The van der Waals surface area contributed by atoms with Crippen LogP contribution in [0, 0.1) is 5.82 Å². The smallest absolute Gasteiger partial charge is 0.290 e. The monoisotopic (exact) mass is 533 g/mol. The molecule has 3 aromatic rings. The quantitative estimate of drug-likeness (QED) is 0.320. The Hall–Kier alpha value is -3.56. The lowest BCUT2D eigenvalue weighted by Gasteiger charge is -2.22. The Morgan fingerprint density at radius 1 is 0.974 bits per heavy atom. The van der Waals surface area contributed by atoms with Crippen LogP contribution < -0.4 is 16.0 Å². The van der Waals surface area contributed by atoms with E-state index in [-0.39, 0.29) is 11.1 Å². The van der Waals surface area contributed by atoms with E-state index in [4.69, 9.17) is 0 Å². The Morgan fingerprint density at radius 2 is 1.74 bits per heavy atom. The average molecular weight is 534 g/mol. The van der Waals surface area contributed by atoms with Gasteiger partial charge in [0.15, 0.2) is 0 Å². The highest BCUT2D eigenvalue weighted by Crippen LogP contribution is 2.25. The van der Waals surface area contributed by atoms with Crippen LogP contribution in [0.2, 0.25) is 0 Å². The molecule has 2 aromatic carbocycles. The van der Waals surface area contributed by atoms with Crippen molar-refractivity contribution in [3.05, 3.63) is 94.4 Å². The molecule has 0 unspecified atom stereocenters. The number of benzene rings is 2. The molecule has 1 aromatic heterocycles. The first-order chi connectivity index (χ1) is 18.5. The van der Waals surface area contributed by atoms with Gasteiger partial charge in [0.2, 0.25) is 5.95 Å². The Morgan fingerprint density at radius 3 is 2.45 bits per heavy atom. The van der Waals surface area contributed by atoms with E-state index < -0.39 is 5.91 Å². The number of halogens is 1. The summed E-state index contributed by atoms with van der Waals surface area (Å²) in [6.45, 7) is 1.62. The van der Waals surface area contributed by atoms with Crippen LogP contribution in [0.3, 0.4) is 0 Å². The maximum absolute atomic E-state index is 12.7. The highest BCUT2D eigenvalue weighted by Gasteiger charge is 2.25. The van der Waals surface area contributed by atoms with Gasteiger partial charge in [-0.25, -0.2) is 14.4 Å². The van der Waals surface area contributed by atoms with Crippen LogP contribution >= 0.6 is 11.8 Å². The number of amides is 2. The van der Waals surface area contributed by atoms with Crippen molar-refractivity contribution in [3.8, 4) is 0 Å². The van der Waals surface area contributed by atoms with E-state index in [1.54, 1.807) is 18.3 Å². The summed E-state index contributed by atoms with van der Waals surface area (Å²) in [5.74, 6) is -0.0793. The second-order valence-electron chi connectivity index (χ2n) is 9.16. The molecule has 2 fully saturated rings. The van der Waals surface area contributed by atoms with Gasteiger partial charge in [0.05, 0.1) is 10.6 Å². The molecule has 5 rings (SSSR count). The van der Waals surface area contributed by atoms with E-state index in [9.17, 15) is 14.0 Å². The summed E-state index contributed by atoms with van der Waals surface area (Å²) >= 11 is 0.865. The summed E-state index contributed by atoms with van der Waals surface area (Å²) in [5.41, 5.74) is 2.90. The minimum atomic E-state index is -0.396. The molecule has 2 heterocycles. The van der Waals surface area contributed by atoms with Crippen LogP contribution in [-0.4, -0.2) is 33.7 Å². The summed E-state index contributed by atoms with van der Waals surface area (Å²) in [7, 11) is 0. The first-order valence-electron chi connectivity index (χ1n) is 12.9. The van der Waals surface area contributed by atoms with Gasteiger partial charge in [-0.1, -0.05) is 61.7 Å². The van der Waals surface area contributed by atoms with Crippen molar-refractivity contribution in [1.82, 2.24) is 20.6 Å². The minimum absolute atomic E-state index is 0.149. The summed E-state index contributed by atoms with van der Waals surface area (Å²) < 4.78 is 12.7. The molecule has 7 nitrogen and oxygen atoms in total. The molecule has 0 spiro atoms. The molecule has 1 saturated heterocycles. The predicted molar refractivity (Wildman–Crippen MR) is 150 cm³/mol. The predicted octanol–water partition coefficient (Wildman–Crippen LogP) is 5.70. The van der Waals surface area contributed by atoms with E-state index in [0.29, 0.717) is 29.1 Å². The number of thioether (sulfide) groups is 1. The van der Waals surface area contributed by atoms with Crippen LogP contribution in [-0.2, 0) is 17.8 Å². The van der Waals surface area contributed by atoms with Crippen LogP contribution in [0.15, 0.2) is 71.8 Å². The van der Waals surface area contributed by atoms with Gasteiger partial charge in [-0.3, -0.25) is 14.9 Å². The number of nitrogens with zero attached hydrogens (tertiary/aromatic N) is 2. The summed E-state index contributed by atoms with van der Waals surface area (Å²) in [4.78, 5) is 31.4. The number of hydrogen-bond donors (Lipinski definition) is 3. The standard InChI is InChI=1S/C15H12N4O2S.C14H20FN/c20-13-12(22-15(21)19-13)8-11-6-7-16-14(18-11)17-9-10-4-2-1-3-5-10;15-13-8-6-12(7-9-13)10-11-16-14-4-2-1-3-5-14/h1-8H,9H2,(H,16,17,18)(H,19,20,21);6-9,14,16H,1-5,10-11H2/b12-8-;. The van der Waals surface area contributed by atoms with Crippen molar-refractivity contribution >= 4 is 34.9 Å². The fraction of sp³-hybridized carbons (Fsp3) is 0.310. The van der Waals surface area contributed by atoms with Crippen molar-refractivity contribution in [2.45, 2.75) is 51.1 Å². The number of carbonyl (C=O) groups is 2. The molecular weight excluding hydrogens is 501 g/mol. The summed E-state index contributed by atoms with van der Waals surface area (Å²) in [6.07, 6.45) is 11.0. The molecule has 1 aliphatic heterocycles. The first kappa shape index (κ1) is 27.5. The Balaban J connectivity index is 0.000000186. The van der Waals surface area contributed by atoms with Crippen molar-refractivity contribution in [1.29, 1.82) is 0 Å². The van der Waals surface area contributed by atoms with Gasteiger partial charge in [-0.15, -0.1) is 0 Å². The highest BCUT2D eigenvalue weighted by molar-refractivity contribution is 8.18. The van der Waals surface area contributed by atoms with E-state index >= 15 is 0 Å². The molecule has 198 valence electrons. The van der Waals surface area contributed by atoms with Gasteiger partial charge in [0.1, 0.15) is 5.82 Å². The van der Waals surface area contributed by atoms with Gasteiger partial charge >= 0.3 is 0 Å². The van der Waals surface area contributed by atoms with Crippen molar-refractivity contribution in [2.24, 2.45) is 0 Å². The van der Waals surface area contributed by atoms with E-state index in [1.165, 1.54) is 49.8 Å². The van der Waals surface area contributed by atoms with Gasteiger partial charge in [-0.05, 0) is 73.0 Å². The molecule has 9 heteroatoms. The second-order valence-corrected chi connectivity index (χ2v) is 10.2. The molecule has 1 aliphatic carbocycles. The lowest BCUT2D eigenvalue weighted by atomic mass is 9.95. The number of nitrogens with one attached hydrogen (secondary N) is 3. The fourth-order valence-corrected chi connectivity index (χ4v) is 4.92. The summed E-state index contributed by atoms with van der Waals surface area (Å²) in [6, 6.07) is 19.1. The highest BCUT2D eigenvalue weighted by atomic mass is 32.2. The topological polar surface area (TPSA) is 96.0 Å². The molecule has 1 saturated carbocycles. The molecule has 0 atom stereocenters. The Bertz CT molecular complexity index is 1230. The van der Waals surface area contributed by atoms with Crippen LogP contribution in [0.4, 0.5) is 15.1 Å². The van der Waals surface area contributed by atoms with E-state index in [1.807, 2.05) is 42.5 Å². The largest absolute Gasteiger partial charge is 0.350 e. The lowest BCUT2D eigenvalue weighted by Crippen LogP contribution is -2.32. The molecule has 2 aliphatic rings. The zero-order chi connectivity index (χ0) is 26.6. The zero-order valence-electron chi connectivity index (χ0n) is 21.2. The van der Waals surface area contributed by atoms with Crippen LogP contribution in [0.1, 0.15) is 48.9 Å². The number of imide groups is 1. The molecule has 3 N–H and O–H groups in total. The van der Waals surface area contributed by atoms with Crippen molar-refractivity contribution in [3.63, 3.8) is 0 Å². The average Bonchev–Trinajstić information content (AvgIpc) is 3.26. The molecule has 38 heavy (non-hydrogen) atoms. The number of anilines is 1. The van der Waals surface area contributed by atoms with Gasteiger partial charge in [0.25, 0.3) is 11.1 Å². The maximum atomic E-state index is 12.7. The van der Waals surface area contributed by atoms with E-state index in [2.05, 4.69) is 25.9 Å². The number of rotatable bonds is 8. The van der Waals surface area contributed by atoms with Crippen molar-refractivity contribution in [2.75, 3.05) is 11.9 Å². The lowest BCUT2D eigenvalue weighted by molar-refractivity contribution is -0.115. The zero-order valence-corrected chi connectivity index (χ0v) is 22.0. The summed E-state index contributed by atoms with van der Waals surface area (Å²) in [5, 5.41) is 8.55. The maximum Gasteiger partial charge on any atom is 0.290 e. The molecular formula is C29H32FN5O2S. The van der Waals surface area contributed by atoms with Gasteiger partial charge in [0, 0.05) is 18.8 Å². The minimum Gasteiger partial charge on any atom is -0.350 e. The van der Waals surface area contributed by atoms with Crippen LogP contribution in [0.5, 0.6) is 0 Å². The third-order valence-corrected chi connectivity index (χ3v) is 7.07. The van der Waals surface area contributed by atoms with E-state index in [0.717, 1.165) is 30.3 Å². The Labute approximate surface area is 226 Å². The number of hydrogen-bond acceptors (Lipinski definition) is 7. The third kappa shape index (κ3) is 9.08. The fourth-order valence-electron chi connectivity index (χ4n) is 4.25. The molecule has 0 radical (unpaired) electrons. The van der Waals surface area contributed by atoms with Gasteiger partial charge < -0.3 is 10.6 Å². The van der Waals surface area contributed by atoms with Crippen molar-refractivity contribution < 1.29 is 14.0 Å². The third-order valence-electron chi connectivity index (χ3n) is 6.26. The van der Waals surface area contributed by atoms with Crippen LogP contribution in [0.25, 0.3) is 6.08 Å². The molecule has 0 bridgehead atoms. The Kier molecular flexibility index (Phi) is 10.4. The second kappa shape index (κ2) is 14.4. The van der Waals surface area contributed by atoms with Gasteiger partial charge in [-0.2, -0.15) is 0 Å². The normalized spacial score (nSPS) is 16.6. The molecule has 2 amide bonds. The first-order valence-corrected chi connectivity index (χ1v) is 13.7. The number of carbonyl (C=O) groups excluding carboxylic acids is 2. The SMILES string of the molecule is Fc1ccc(CCNC2CCCCC2)cc1.O=C1NC(=O)/C(=C/c2ccnc(NCc3ccccc3)n2)S1. The number of aromatic nitrogens is 2.